The molecule has 0 aromatic rings. The van der Waals surface area contributed by atoms with E-state index in [-0.39, 0.29) is 12.5 Å². The summed E-state index contributed by atoms with van der Waals surface area (Å²) >= 11 is 0. The van der Waals surface area contributed by atoms with Crippen molar-refractivity contribution in [3.8, 4) is 0 Å². The lowest BCUT2D eigenvalue weighted by atomic mass is 10.1. The Balaban J connectivity index is 1.93. The van der Waals surface area contributed by atoms with E-state index in [0.29, 0.717) is 11.4 Å². The normalized spacial score (nSPS) is 22.2. The summed E-state index contributed by atoms with van der Waals surface area (Å²) < 4.78 is 0. The molecule has 2 N–H and O–H groups in total. The molecular weight excluding hydrogens is 256 g/mol. The number of β-lactam (4-membered cyclic amide) rings is 1. The van der Waals surface area contributed by atoms with Crippen LogP contribution in [0.15, 0.2) is 0 Å². The molecule has 0 aromatic carbocycles. The summed E-state index contributed by atoms with van der Waals surface area (Å²) in [7, 11) is 0. The first kappa shape index (κ1) is 13.0. The SMILES string of the molecule is CC(=O)N1CC(=O)N(CC(=O)NC2CNC2=O)C1=O. The van der Waals surface area contributed by atoms with Gasteiger partial charge in [0.15, 0.2) is 0 Å². The van der Waals surface area contributed by atoms with Gasteiger partial charge in [-0.1, -0.05) is 0 Å². The van der Waals surface area contributed by atoms with Gasteiger partial charge in [0.05, 0.1) is 0 Å². The molecule has 0 bridgehead atoms. The zero-order valence-electron chi connectivity index (χ0n) is 10.1. The Hall–Kier alpha value is -2.45. The van der Waals surface area contributed by atoms with Crippen LogP contribution in [-0.4, -0.2) is 65.1 Å². The molecule has 2 aliphatic heterocycles. The van der Waals surface area contributed by atoms with Crippen molar-refractivity contribution in [3.05, 3.63) is 0 Å². The fraction of sp³-hybridized carbons (Fsp3) is 0.500. The van der Waals surface area contributed by atoms with E-state index in [1.165, 1.54) is 0 Å². The van der Waals surface area contributed by atoms with Crippen LogP contribution in [0.3, 0.4) is 0 Å². The van der Waals surface area contributed by atoms with E-state index in [1.54, 1.807) is 0 Å². The van der Waals surface area contributed by atoms with Gasteiger partial charge >= 0.3 is 6.03 Å². The van der Waals surface area contributed by atoms with Crippen LogP contribution in [-0.2, 0) is 19.2 Å². The number of urea groups is 1. The zero-order chi connectivity index (χ0) is 14.2. The van der Waals surface area contributed by atoms with Crippen LogP contribution in [0.4, 0.5) is 4.79 Å². The van der Waals surface area contributed by atoms with Crippen LogP contribution < -0.4 is 10.6 Å². The van der Waals surface area contributed by atoms with E-state index in [9.17, 15) is 24.0 Å². The van der Waals surface area contributed by atoms with Gasteiger partial charge in [-0.15, -0.1) is 0 Å². The molecule has 2 saturated heterocycles. The van der Waals surface area contributed by atoms with Crippen LogP contribution in [0.2, 0.25) is 0 Å². The van der Waals surface area contributed by atoms with E-state index in [1.807, 2.05) is 0 Å². The lowest BCUT2D eigenvalue weighted by Gasteiger charge is -2.27. The van der Waals surface area contributed by atoms with Crippen molar-refractivity contribution in [3.63, 3.8) is 0 Å². The highest BCUT2D eigenvalue weighted by Gasteiger charge is 2.40. The van der Waals surface area contributed by atoms with Crippen LogP contribution in [0.5, 0.6) is 0 Å². The molecule has 0 aliphatic carbocycles. The van der Waals surface area contributed by atoms with E-state index >= 15 is 0 Å². The summed E-state index contributed by atoms with van der Waals surface area (Å²) in [5.41, 5.74) is 0. The number of rotatable bonds is 3. The van der Waals surface area contributed by atoms with Gasteiger partial charge in [0.25, 0.3) is 5.91 Å². The van der Waals surface area contributed by atoms with E-state index in [4.69, 9.17) is 0 Å². The average molecular weight is 268 g/mol. The highest BCUT2D eigenvalue weighted by molar-refractivity contribution is 6.11. The number of nitrogens with one attached hydrogen (secondary N) is 2. The quantitative estimate of drug-likeness (QED) is 0.430. The molecule has 0 aromatic heterocycles. The van der Waals surface area contributed by atoms with Crippen molar-refractivity contribution in [2.75, 3.05) is 19.6 Å². The average Bonchev–Trinajstić information content (AvgIpc) is 2.62. The molecule has 2 aliphatic rings. The lowest BCUT2D eigenvalue weighted by molar-refractivity contribution is -0.135. The zero-order valence-corrected chi connectivity index (χ0v) is 10.1. The number of hydrogen-bond acceptors (Lipinski definition) is 5. The first-order valence-electron chi connectivity index (χ1n) is 5.59. The summed E-state index contributed by atoms with van der Waals surface area (Å²) in [6.07, 6.45) is 0. The second kappa shape index (κ2) is 4.67. The standard InChI is InChI=1S/C10H12N4O5/c1-5(15)13-4-8(17)14(10(13)19)3-7(16)12-6-2-11-9(6)18/h6H,2-4H2,1H3,(H,11,18)(H,12,16). The van der Waals surface area contributed by atoms with Gasteiger partial charge < -0.3 is 10.6 Å². The summed E-state index contributed by atoms with van der Waals surface area (Å²) in [4.78, 5) is 58.2. The molecular formula is C10H12N4O5. The molecule has 9 heteroatoms. The van der Waals surface area contributed by atoms with E-state index < -0.39 is 36.3 Å². The summed E-state index contributed by atoms with van der Waals surface area (Å²) in [6, 6.07) is -1.44. The van der Waals surface area contributed by atoms with Crippen molar-refractivity contribution >= 4 is 29.7 Å². The predicted octanol–water partition coefficient (Wildman–Crippen LogP) is -2.59. The Morgan fingerprint density at radius 2 is 2.05 bits per heavy atom. The number of amides is 6. The molecule has 102 valence electrons. The molecule has 2 heterocycles. The second-order valence-corrected chi connectivity index (χ2v) is 4.23. The van der Waals surface area contributed by atoms with Crippen molar-refractivity contribution in [2.45, 2.75) is 13.0 Å². The van der Waals surface area contributed by atoms with E-state index in [0.717, 1.165) is 11.8 Å². The molecule has 0 spiro atoms. The highest BCUT2D eigenvalue weighted by atomic mass is 16.2. The van der Waals surface area contributed by atoms with Crippen molar-refractivity contribution in [1.29, 1.82) is 0 Å². The monoisotopic (exact) mass is 268 g/mol. The van der Waals surface area contributed by atoms with Gasteiger partial charge in [0.2, 0.25) is 17.7 Å². The Kier molecular flexibility index (Phi) is 3.19. The molecule has 6 amide bonds. The number of carbonyl (C=O) groups excluding carboxylic acids is 5. The fourth-order valence-corrected chi connectivity index (χ4v) is 1.73. The third-order valence-electron chi connectivity index (χ3n) is 2.87. The topological polar surface area (TPSA) is 116 Å². The molecule has 0 radical (unpaired) electrons. The summed E-state index contributed by atoms with van der Waals surface area (Å²) in [5, 5.41) is 4.82. The molecule has 1 unspecified atom stereocenters. The third kappa shape index (κ3) is 2.39. The number of hydrogen-bond donors (Lipinski definition) is 2. The highest BCUT2D eigenvalue weighted by Crippen LogP contribution is 2.10. The molecule has 0 saturated carbocycles. The Labute approximate surface area is 107 Å². The second-order valence-electron chi connectivity index (χ2n) is 4.23. The van der Waals surface area contributed by atoms with Gasteiger partial charge in [-0.3, -0.25) is 29.0 Å². The molecule has 2 rings (SSSR count). The molecule has 1 atom stereocenters. The Morgan fingerprint density at radius 1 is 1.37 bits per heavy atom. The lowest BCUT2D eigenvalue weighted by Crippen LogP contribution is -2.62. The van der Waals surface area contributed by atoms with Crippen LogP contribution in [0.25, 0.3) is 0 Å². The smallest absolute Gasteiger partial charge is 0.334 e. The molecule has 19 heavy (non-hydrogen) atoms. The van der Waals surface area contributed by atoms with Crippen LogP contribution in [0.1, 0.15) is 6.92 Å². The van der Waals surface area contributed by atoms with E-state index in [2.05, 4.69) is 10.6 Å². The maximum absolute atomic E-state index is 11.7. The van der Waals surface area contributed by atoms with Crippen molar-refractivity contribution < 1.29 is 24.0 Å². The minimum Gasteiger partial charge on any atom is -0.352 e. The van der Waals surface area contributed by atoms with Crippen LogP contribution >= 0.6 is 0 Å². The minimum atomic E-state index is -0.814. The predicted molar refractivity (Wildman–Crippen MR) is 59.4 cm³/mol. The molecule has 2 fully saturated rings. The van der Waals surface area contributed by atoms with Gasteiger partial charge in [-0.2, -0.15) is 0 Å². The maximum atomic E-state index is 11.7. The Morgan fingerprint density at radius 3 is 2.47 bits per heavy atom. The Bertz CT molecular complexity index is 488. The third-order valence-corrected chi connectivity index (χ3v) is 2.87. The summed E-state index contributed by atoms with van der Waals surface area (Å²) in [5.74, 6) is -2.10. The van der Waals surface area contributed by atoms with Gasteiger partial charge in [-0.25, -0.2) is 4.79 Å². The number of carbonyl (C=O) groups is 5. The van der Waals surface area contributed by atoms with Crippen molar-refractivity contribution in [1.82, 2.24) is 20.4 Å². The van der Waals surface area contributed by atoms with Crippen molar-refractivity contribution in [2.24, 2.45) is 0 Å². The van der Waals surface area contributed by atoms with Gasteiger partial charge in [0, 0.05) is 13.5 Å². The summed E-state index contributed by atoms with van der Waals surface area (Å²) in [6.45, 7) is 0.635. The number of imide groups is 2. The largest absolute Gasteiger partial charge is 0.352 e. The number of nitrogens with zero attached hydrogens (tertiary/aromatic N) is 2. The van der Waals surface area contributed by atoms with Gasteiger partial charge in [0.1, 0.15) is 19.1 Å². The minimum absolute atomic E-state index is 0.308. The fourth-order valence-electron chi connectivity index (χ4n) is 1.73. The van der Waals surface area contributed by atoms with Crippen LogP contribution in [0, 0.1) is 0 Å². The molecule has 9 nitrogen and oxygen atoms in total. The first-order valence-corrected chi connectivity index (χ1v) is 5.59. The first-order chi connectivity index (χ1) is 8.90. The van der Waals surface area contributed by atoms with Gasteiger partial charge in [-0.05, 0) is 0 Å². The maximum Gasteiger partial charge on any atom is 0.334 e.